The van der Waals surface area contributed by atoms with E-state index in [1.807, 2.05) is 6.92 Å². The van der Waals surface area contributed by atoms with Crippen LogP contribution >= 0.6 is 0 Å². The molecule has 0 saturated heterocycles. The van der Waals surface area contributed by atoms with E-state index in [0.29, 0.717) is 30.6 Å². The predicted molar refractivity (Wildman–Crippen MR) is 108 cm³/mol. The molecule has 0 spiro atoms. The van der Waals surface area contributed by atoms with Gasteiger partial charge in [-0.05, 0) is 92.4 Å². The second-order valence-electron chi connectivity index (χ2n) is 10.3. The lowest BCUT2D eigenvalue weighted by Gasteiger charge is -2.59. The molecule has 0 radical (unpaired) electrons. The fraction of sp³-hybridized carbons (Fsp3) is 0.857. The van der Waals surface area contributed by atoms with Crippen LogP contribution in [0, 0.1) is 28.6 Å². The van der Waals surface area contributed by atoms with E-state index in [9.17, 15) is 13.5 Å². The van der Waals surface area contributed by atoms with E-state index in [-0.39, 0.29) is 22.4 Å². The lowest BCUT2D eigenvalue weighted by molar-refractivity contribution is -0.117. The number of rotatable bonds is 2. The van der Waals surface area contributed by atoms with Crippen molar-refractivity contribution in [2.45, 2.75) is 77.7 Å². The molecule has 4 aliphatic carbocycles. The molecule has 0 aromatic carbocycles. The van der Waals surface area contributed by atoms with Gasteiger partial charge in [0.15, 0.2) is 0 Å². The minimum Gasteiger partial charge on any atom is -0.390 e. The SMILES string of the molecule is C[C@]12CC/C(=N\NS(C)(=O)=O)C(F)=C1CC[C@@H]1[C@@H]2CC[C@@]2(C)[C@H]1CC[C@]2(C)O. The summed E-state index contributed by atoms with van der Waals surface area (Å²) in [4.78, 5) is 2.09. The molecule has 4 rings (SSSR count). The van der Waals surface area contributed by atoms with Gasteiger partial charge in [-0.15, -0.1) is 0 Å². The molecule has 4 aliphatic rings. The zero-order chi connectivity index (χ0) is 20.5. The van der Waals surface area contributed by atoms with E-state index in [0.717, 1.165) is 50.4 Å². The maximum Gasteiger partial charge on any atom is 0.244 e. The minimum absolute atomic E-state index is 0.0367. The first-order chi connectivity index (χ1) is 12.9. The third kappa shape index (κ3) is 2.87. The van der Waals surface area contributed by atoms with Crippen LogP contribution in [0.3, 0.4) is 0 Å². The topological polar surface area (TPSA) is 78.8 Å². The van der Waals surface area contributed by atoms with Gasteiger partial charge in [-0.1, -0.05) is 13.8 Å². The van der Waals surface area contributed by atoms with Crippen molar-refractivity contribution in [1.82, 2.24) is 4.83 Å². The first-order valence-electron chi connectivity index (χ1n) is 10.5. The fourth-order valence-electron chi connectivity index (χ4n) is 7.15. The number of sulfonamides is 1. The van der Waals surface area contributed by atoms with Crippen LogP contribution in [0.5, 0.6) is 0 Å². The summed E-state index contributed by atoms with van der Waals surface area (Å²) in [7, 11) is -3.49. The number of fused-ring (bicyclic) bond motifs is 5. The number of allylic oxidation sites excluding steroid dienone is 2. The van der Waals surface area contributed by atoms with Crippen molar-refractivity contribution in [1.29, 1.82) is 0 Å². The van der Waals surface area contributed by atoms with Crippen LogP contribution in [0.1, 0.15) is 72.1 Å². The highest BCUT2D eigenvalue weighted by molar-refractivity contribution is 7.88. The highest BCUT2D eigenvalue weighted by Crippen LogP contribution is 2.67. The van der Waals surface area contributed by atoms with Crippen LogP contribution < -0.4 is 4.83 Å². The standard InChI is InChI=1S/C21H33FN2O3S/c1-19-10-9-17(23-24-28(4,26)27)18(22)16(19)6-5-13-14(19)7-11-20(2)15(13)8-12-21(20,3)25/h13-15,24-25H,5-12H2,1-4H3/b23-17+/t13-,14+,15+,19-,20+,21+/m1/s1. The molecule has 0 heterocycles. The molecule has 2 N–H and O–H groups in total. The van der Waals surface area contributed by atoms with E-state index in [1.54, 1.807) is 0 Å². The van der Waals surface area contributed by atoms with Gasteiger partial charge in [0.25, 0.3) is 0 Å². The molecule has 3 saturated carbocycles. The van der Waals surface area contributed by atoms with Gasteiger partial charge < -0.3 is 5.11 Å². The van der Waals surface area contributed by atoms with E-state index in [4.69, 9.17) is 0 Å². The first kappa shape index (κ1) is 20.3. The Morgan fingerprint density at radius 1 is 1.07 bits per heavy atom. The maximum atomic E-state index is 15.3. The summed E-state index contributed by atoms with van der Waals surface area (Å²) < 4.78 is 38.0. The van der Waals surface area contributed by atoms with Crippen molar-refractivity contribution < 1.29 is 17.9 Å². The van der Waals surface area contributed by atoms with Gasteiger partial charge in [0, 0.05) is 0 Å². The average Bonchev–Trinajstić information content (AvgIpc) is 2.83. The average molecular weight is 413 g/mol. The van der Waals surface area contributed by atoms with Crippen LogP contribution in [0.25, 0.3) is 0 Å². The second kappa shape index (κ2) is 6.27. The molecule has 7 heteroatoms. The summed E-state index contributed by atoms with van der Waals surface area (Å²) in [6.07, 6.45) is 7.88. The Kier molecular flexibility index (Phi) is 4.55. The largest absolute Gasteiger partial charge is 0.390 e. The Morgan fingerprint density at radius 3 is 2.43 bits per heavy atom. The van der Waals surface area contributed by atoms with Crippen LogP contribution in [0.2, 0.25) is 0 Å². The molecule has 0 aromatic rings. The Morgan fingerprint density at radius 2 is 1.75 bits per heavy atom. The van der Waals surface area contributed by atoms with E-state index < -0.39 is 15.6 Å². The Hall–Kier alpha value is -0.950. The Balaban J connectivity index is 1.65. The number of nitrogens with zero attached hydrogens (tertiary/aromatic N) is 1. The molecule has 3 fully saturated rings. The summed E-state index contributed by atoms with van der Waals surface area (Å²) in [5.41, 5.74) is 0.246. The van der Waals surface area contributed by atoms with Gasteiger partial charge >= 0.3 is 0 Å². The van der Waals surface area contributed by atoms with Crippen LogP contribution in [-0.2, 0) is 10.0 Å². The molecule has 0 aromatic heterocycles. The van der Waals surface area contributed by atoms with Crippen molar-refractivity contribution in [3.05, 3.63) is 11.4 Å². The zero-order valence-corrected chi connectivity index (χ0v) is 18.2. The van der Waals surface area contributed by atoms with Crippen molar-refractivity contribution in [3.63, 3.8) is 0 Å². The molecular weight excluding hydrogens is 379 g/mol. The van der Waals surface area contributed by atoms with Gasteiger partial charge in [0.05, 0.1) is 17.6 Å². The smallest absolute Gasteiger partial charge is 0.244 e. The first-order valence-corrected chi connectivity index (χ1v) is 12.4. The summed E-state index contributed by atoms with van der Waals surface area (Å²) in [6.45, 7) is 6.47. The summed E-state index contributed by atoms with van der Waals surface area (Å²) in [6, 6.07) is 0. The normalized spacial score (nSPS) is 47.5. The minimum atomic E-state index is -3.49. The molecule has 0 bridgehead atoms. The number of aliphatic hydroxyl groups is 1. The van der Waals surface area contributed by atoms with Crippen LogP contribution in [0.15, 0.2) is 16.5 Å². The Bertz CT molecular complexity index is 850. The molecule has 6 atom stereocenters. The number of halogens is 1. The van der Waals surface area contributed by atoms with Gasteiger partial charge in [-0.25, -0.2) is 17.6 Å². The highest BCUT2D eigenvalue weighted by Gasteiger charge is 2.62. The lowest BCUT2D eigenvalue weighted by Crippen LogP contribution is -2.54. The van der Waals surface area contributed by atoms with Crippen LogP contribution in [0.4, 0.5) is 4.39 Å². The van der Waals surface area contributed by atoms with Gasteiger partial charge in [0.2, 0.25) is 10.0 Å². The monoisotopic (exact) mass is 412 g/mol. The second-order valence-corrected chi connectivity index (χ2v) is 12.0. The van der Waals surface area contributed by atoms with Crippen molar-refractivity contribution in [2.75, 3.05) is 6.26 Å². The third-order valence-electron chi connectivity index (χ3n) is 8.98. The summed E-state index contributed by atoms with van der Waals surface area (Å²) in [5.74, 6) is 1.17. The molecule has 0 amide bonds. The van der Waals surface area contributed by atoms with E-state index >= 15 is 4.39 Å². The van der Waals surface area contributed by atoms with Gasteiger partial charge in [-0.3, -0.25) is 0 Å². The van der Waals surface area contributed by atoms with E-state index in [2.05, 4.69) is 23.8 Å². The molecule has 0 aliphatic heterocycles. The third-order valence-corrected chi connectivity index (χ3v) is 9.40. The summed E-state index contributed by atoms with van der Waals surface area (Å²) >= 11 is 0. The quantitative estimate of drug-likeness (QED) is 0.675. The van der Waals surface area contributed by atoms with Crippen molar-refractivity contribution in [2.24, 2.45) is 33.7 Å². The Labute approximate surface area is 167 Å². The molecule has 5 nitrogen and oxygen atoms in total. The van der Waals surface area contributed by atoms with Crippen molar-refractivity contribution in [3.8, 4) is 0 Å². The predicted octanol–water partition coefficient (Wildman–Crippen LogP) is 3.90. The molecule has 28 heavy (non-hydrogen) atoms. The number of nitrogens with one attached hydrogen (secondary N) is 1. The van der Waals surface area contributed by atoms with Gasteiger partial charge in [-0.2, -0.15) is 5.10 Å². The molecular formula is C21H33FN2O3S. The molecule has 0 unspecified atom stereocenters. The van der Waals surface area contributed by atoms with Crippen molar-refractivity contribution >= 4 is 15.7 Å². The fourth-order valence-corrected chi connectivity index (χ4v) is 7.42. The lowest BCUT2D eigenvalue weighted by atomic mass is 9.46. The maximum absolute atomic E-state index is 15.3. The number of hydrogen-bond acceptors (Lipinski definition) is 4. The summed E-state index contributed by atoms with van der Waals surface area (Å²) in [5, 5.41) is 14.9. The number of hydrogen-bond donors (Lipinski definition) is 2. The zero-order valence-electron chi connectivity index (χ0n) is 17.4. The van der Waals surface area contributed by atoms with Gasteiger partial charge in [0.1, 0.15) is 5.83 Å². The van der Waals surface area contributed by atoms with E-state index in [1.165, 1.54) is 0 Å². The molecule has 158 valence electrons. The highest BCUT2D eigenvalue weighted by atomic mass is 32.2. The number of hydrazone groups is 1. The van der Waals surface area contributed by atoms with Crippen LogP contribution in [-0.4, -0.2) is 31.1 Å².